The lowest BCUT2D eigenvalue weighted by atomic mass is 10.2. The summed E-state index contributed by atoms with van der Waals surface area (Å²) in [6, 6.07) is 0. The normalized spacial score (nSPS) is 12.7. The van der Waals surface area contributed by atoms with Gasteiger partial charge in [0.15, 0.2) is 0 Å². The second-order valence-corrected chi connectivity index (χ2v) is 4.84. The van der Waals surface area contributed by atoms with Gasteiger partial charge in [-0.25, -0.2) is 9.59 Å². The van der Waals surface area contributed by atoms with E-state index in [1.54, 1.807) is 6.92 Å². The Morgan fingerprint density at radius 1 is 1.35 bits per heavy atom. The van der Waals surface area contributed by atoms with Crippen molar-refractivity contribution >= 4 is 22.1 Å². The molecule has 17 heavy (non-hydrogen) atoms. The molecule has 0 spiro atoms. The van der Waals surface area contributed by atoms with Crippen LogP contribution in [-0.2, 0) is 23.9 Å². The highest BCUT2D eigenvalue weighted by Gasteiger charge is 2.14. The highest BCUT2D eigenvalue weighted by molar-refractivity contribution is 7.87. The second kappa shape index (κ2) is 6.85. The van der Waals surface area contributed by atoms with E-state index in [4.69, 9.17) is 5.11 Å². The van der Waals surface area contributed by atoms with Crippen LogP contribution >= 0.6 is 0 Å². The van der Waals surface area contributed by atoms with Gasteiger partial charge in [0.2, 0.25) is 0 Å². The van der Waals surface area contributed by atoms with Crippen LogP contribution in [0, 0.1) is 0 Å². The fraction of sp³-hybridized carbons (Fsp3) is 0.400. The molecule has 0 saturated heterocycles. The predicted molar refractivity (Wildman–Crippen MR) is 60.7 cm³/mol. The number of hydrogen-bond donors (Lipinski definition) is 1. The standard InChI is InChI=1S/C10H14O6S/c1-3-5-9(11)16-17(14,15)7-4-6-8(2)10(12)13/h3,5-6H,4,7H2,1-2H3,(H,12,13). The summed E-state index contributed by atoms with van der Waals surface area (Å²) in [5, 5.41) is 8.51. The van der Waals surface area contributed by atoms with Crippen molar-refractivity contribution in [3.05, 3.63) is 23.8 Å². The van der Waals surface area contributed by atoms with Crippen LogP contribution in [0.5, 0.6) is 0 Å². The minimum absolute atomic E-state index is 0.0242. The molecule has 0 aliphatic carbocycles. The summed E-state index contributed by atoms with van der Waals surface area (Å²) in [4.78, 5) is 21.3. The van der Waals surface area contributed by atoms with Crippen LogP contribution in [0.15, 0.2) is 23.8 Å². The Morgan fingerprint density at radius 3 is 2.41 bits per heavy atom. The molecule has 0 aromatic heterocycles. The van der Waals surface area contributed by atoms with Gasteiger partial charge in [0.25, 0.3) is 0 Å². The molecule has 0 heterocycles. The van der Waals surface area contributed by atoms with Gasteiger partial charge in [-0.1, -0.05) is 12.2 Å². The fourth-order valence-corrected chi connectivity index (χ4v) is 1.63. The summed E-state index contributed by atoms with van der Waals surface area (Å²) >= 11 is 0. The van der Waals surface area contributed by atoms with Crippen molar-refractivity contribution in [2.24, 2.45) is 0 Å². The first-order valence-corrected chi connectivity index (χ1v) is 6.35. The topological polar surface area (TPSA) is 97.7 Å². The van der Waals surface area contributed by atoms with E-state index in [1.165, 1.54) is 19.1 Å². The average Bonchev–Trinajstić information content (AvgIpc) is 2.16. The Kier molecular flexibility index (Phi) is 6.19. The van der Waals surface area contributed by atoms with E-state index in [1.807, 2.05) is 0 Å². The van der Waals surface area contributed by atoms with Gasteiger partial charge in [0, 0.05) is 11.6 Å². The van der Waals surface area contributed by atoms with Crippen LogP contribution in [0.2, 0.25) is 0 Å². The number of allylic oxidation sites excluding steroid dienone is 2. The van der Waals surface area contributed by atoms with Crippen molar-refractivity contribution in [3.63, 3.8) is 0 Å². The van der Waals surface area contributed by atoms with E-state index in [2.05, 4.69) is 4.18 Å². The maximum Gasteiger partial charge on any atom is 0.346 e. The van der Waals surface area contributed by atoms with Crippen LogP contribution in [0.1, 0.15) is 20.3 Å². The maximum absolute atomic E-state index is 11.2. The first-order valence-electron chi connectivity index (χ1n) is 4.77. The van der Waals surface area contributed by atoms with Gasteiger partial charge >= 0.3 is 22.1 Å². The number of rotatable bonds is 6. The third-order valence-electron chi connectivity index (χ3n) is 1.67. The van der Waals surface area contributed by atoms with Crippen molar-refractivity contribution < 1.29 is 27.3 Å². The van der Waals surface area contributed by atoms with Crippen molar-refractivity contribution in [1.82, 2.24) is 0 Å². The van der Waals surface area contributed by atoms with Crippen LogP contribution in [0.4, 0.5) is 0 Å². The van der Waals surface area contributed by atoms with Crippen molar-refractivity contribution in [2.75, 3.05) is 5.75 Å². The van der Waals surface area contributed by atoms with Crippen molar-refractivity contribution in [2.45, 2.75) is 20.3 Å². The predicted octanol–water partition coefficient (Wildman–Crippen LogP) is 0.857. The van der Waals surface area contributed by atoms with Gasteiger partial charge in [-0.15, -0.1) is 0 Å². The van der Waals surface area contributed by atoms with Crippen molar-refractivity contribution in [1.29, 1.82) is 0 Å². The van der Waals surface area contributed by atoms with Crippen LogP contribution in [0.25, 0.3) is 0 Å². The Hall–Kier alpha value is -1.63. The Labute approximate surface area is 99.7 Å². The smallest absolute Gasteiger partial charge is 0.346 e. The van der Waals surface area contributed by atoms with E-state index >= 15 is 0 Å². The first-order chi connectivity index (χ1) is 7.78. The fourth-order valence-electron chi connectivity index (χ4n) is 0.838. The van der Waals surface area contributed by atoms with Gasteiger partial charge in [-0.3, -0.25) is 0 Å². The third kappa shape index (κ3) is 7.29. The number of carbonyl (C=O) groups excluding carboxylic acids is 1. The molecule has 0 radical (unpaired) electrons. The van der Waals surface area contributed by atoms with Gasteiger partial charge in [0.1, 0.15) is 0 Å². The first kappa shape index (κ1) is 15.4. The number of carboxylic acid groups (broad SMARTS) is 1. The van der Waals surface area contributed by atoms with E-state index in [0.29, 0.717) is 0 Å². The molecule has 1 N–H and O–H groups in total. The molecule has 0 rings (SSSR count). The van der Waals surface area contributed by atoms with Crippen molar-refractivity contribution in [3.8, 4) is 0 Å². The SMILES string of the molecule is CC=CC(=O)OS(=O)(=O)CCC=C(C)C(=O)O. The van der Waals surface area contributed by atoms with Gasteiger partial charge in [-0.2, -0.15) is 8.42 Å². The lowest BCUT2D eigenvalue weighted by Gasteiger charge is -2.01. The van der Waals surface area contributed by atoms with Crippen LogP contribution in [0.3, 0.4) is 0 Å². The molecule has 96 valence electrons. The summed E-state index contributed by atoms with van der Waals surface area (Å²) in [6.07, 6.45) is 3.56. The quantitative estimate of drug-likeness (QED) is 0.563. The number of hydrogen-bond acceptors (Lipinski definition) is 5. The molecule has 0 fully saturated rings. The number of aliphatic carboxylic acids is 1. The molecular weight excluding hydrogens is 248 g/mol. The summed E-state index contributed by atoms with van der Waals surface area (Å²) in [7, 11) is -3.96. The lowest BCUT2D eigenvalue weighted by Crippen LogP contribution is -2.14. The summed E-state index contributed by atoms with van der Waals surface area (Å²) in [6.45, 7) is 2.90. The molecule has 0 unspecified atom stereocenters. The molecule has 7 heteroatoms. The zero-order valence-corrected chi connectivity index (χ0v) is 10.4. The van der Waals surface area contributed by atoms with Gasteiger partial charge in [-0.05, 0) is 20.3 Å². The maximum atomic E-state index is 11.2. The molecule has 0 saturated carbocycles. The van der Waals surface area contributed by atoms with Gasteiger partial charge in [0.05, 0.1) is 5.75 Å². The average molecular weight is 262 g/mol. The number of carboxylic acids is 1. The minimum atomic E-state index is -3.96. The van der Waals surface area contributed by atoms with E-state index < -0.39 is 27.8 Å². The Morgan fingerprint density at radius 2 is 1.94 bits per heavy atom. The molecule has 0 aromatic carbocycles. The molecule has 0 aliphatic rings. The third-order valence-corrected chi connectivity index (χ3v) is 2.82. The van der Waals surface area contributed by atoms with Crippen LogP contribution in [-0.4, -0.2) is 31.2 Å². The van der Waals surface area contributed by atoms with E-state index in [9.17, 15) is 18.0 Å². The molecular formula is C10H14O6S. The summed E-state index contributed by atoms with van der Waals surface area (Å²) in [5.74, 6) is -2.53. The highest BCUT2D eigenvalue weighted by atomic mass is 32.2. The molecule has 0 atom stereocenters. The summed E-state index contributed by atoms with van der Waals surface area (Å²) < 4.78 is 26.6. The molecule has 6 nitrogen and oxygen atoms in total. The zero-order valence-electron chi connectivity index (χ0n) is 9.54. The minimum Gasteiger partial charge on any atom is -0.478 e. The number of carbonyl (C=O) groups is 2. The lowest BCUT2D eigenvalue weighted by molar-refractivity contribution is -0.132. The zero-order chi connectivity index (χ0) is 13.5. The van der Waals surface area contributed by atoms with Crippen LogP contribution < -0.4 is 0 Å². The molecule has 0 bridgehead atoms. The van der Waals surface area contributed by atoms with E-state index in [0.717, 1.165) is 6.08 Å². The largest absolute Gasteiger partial charge is 0.478 e. The monoisotopic (exact) mass is 262 g/mol. The molecule has 0 aromatic rings. The second-order valence-electron chi connectivity index (χ2n) is 3.15. The van der Waals surface area contributed by atoms with Gasteiger partial charge < -0.3 is 9.29 Å². The highest BCUT2D eigenvalue weighted by Crippen LogP contribution is 2.02. The molecule has 0 amide bonds. The molecule has 0 aliphatic heterocycles. The van der Waals surface area contributed by atoms with E-state index in [-0.39, 0.29) is 12.0 Å². The summed E-state index contributed by atoms with van der Waals surface area (Å²) in [5.41, 5.74) is 0.0416. The Bertz CT molecular complexity index is 443. The Balaban J connectivity index is 4.34.